The Morgan fingerprint density at radius 1 is 1.42 bits per heavy atom. The second-order valence-electron chi connectivity index (χ2n) is 6.42. The van der Waals surface area contributed by atoms with Gasteiger partial charge >= 0.3 is 0 Å². The van der Waals surface area contributed by atoms with Crippen molar-refractivity contribution in [3.05, 3.63) is 29.3 Å². The molecule has 1 aliphatic heterocycles. The molecule has 0 bridgehead atoms. The third kappa shape index (κ3) is 2.79. The van der Waals surface area contributed by atoms with Crippen LogP contribution in [0, 0.1) is 5.92 Å². The second kappa shape index (κ2) is 5.16. The van der Waals surface area contributed by atoms with Crippen molar-refractivity contribution in [2.24, 2.45) is 11.7 Å². The molecule has 0 amide bonds. The van der Waals surface area contributed by atoms with Gasteiger partial charge in [-0.2, -0.15) is 0 Å². The zero-order chi connectivity index (χ0) is 13.3. The third-order valence-electron chi connectivity index (χ3n) is 4.99. The highest BCUT2D eigenvalue weighted by atomic mass is 16.5. The summed E-state index contributed by atoms with van der Waals surface area (Å²) in [4.78, 5) is 0. The van der Waals surface area contributed by atoms with Gasteiger partial charge in [0.25, 0.3) is 0 Å². The van der Waals surface area contributed by atoms with E-state index in [0.29, 0.717) is 0 Å². The predicted molar refractivity (Wildman–Crippen MR) is 78.5 cm³/mol. The SMILES string of the molecule is CCC1CCC(N)(CCc2ccc3c(c2)CCO3)C1. The number of hydrogen-bond donors (Lipinski definition) is 1. The summed E-state index contributed by atoms with van der Waals surface area (Å²) >= 11 is 0. The van der Waals surface area contributed by atoms with Crippen molar-refractivity contribution in [3.63, 3.8) is 0 Å². The molecule has 0 saturated heterocycles. The highest BCUT2D eigenvalue weighted by molar-refractivity contribution is 5.39. The maximum Gasteiger partial charge on any atom is 0.122 e. The number of aryl methyl sites for hydroxylation is 1. The van der Waals surface area contributed by atoms with E-state index in [1.165, 1.54) is 36.8 Å². The first-order chi connectivity index (χ1) is 9.18. The van der Waals surface area contributed by atoms with Gasteiger partial charge in [-0.15, -0.1) is 0 Å². The maximum atomic E-state index is 6.56. The van der Waals surface area contributed by atoms with Gasteiger partial charge in [-0.3, -0.25) is 0 Å². The average molecular weight is 259 g/mol. The molecular formula is C17H25NO. The van der Waals surface area contributed by atoms with Crippen LogP contribution in [0.5, 0.6) is 5.75 Å². The van der Waals surface area contributed by atoms with Gasteiger partial charge in [0.1, 0.15) is 5.75 Å². The van der Waals surface area contributed by atoms with Crippen LogP contribution in [-0.2, 0) is 12.8 Å². The Hall–Kier alpha value is -1.02. The van der Waals surface area contributed by atoms with Crippen LogP contribution in [0.1, 0.15) is 50.2 Å². The van der Waals surface area contributed by atoms with Crippen molar-refractivity contribution in [2.75, 3.05) is 6.61 Å². The number of rotatable bonds is 4. The van der Waals surface area contributed by atoms with Gasteiger partial charge in [0.15, 0.2) is 0 Å². The van der Waals surface area contributed by atoms with Crippen LogP contribution in [0.15, 0.2) is 18.2 Å². The predicted octanol–water partition coefficient (Wildman–Crippen LogP) is 3.46. The molecule has 0 aromatic heterocycles. The number of ether oxygens (including phenoxy) is 1. The van der Waals surface area contributed by atoms with Gasteiger partial charge in [0.05, 0.1) is 6.61 Å². The topological polar surface area (TPSA) is 35.2 Å². The lowest BCUT2D eigenvalue weighted by atomic mass is 9.89. The van der Waals surface area contributed by atoms with Crippen molar-refractivity contribution in [1.82, 2.24) is 0 Å². The van der Waals surface area contributed by atoms with Gasteiger partial charge in [-0.05, 0) is 55.2 Å². The monoisotopic (exact) mass is 259 g/mol. The molecule has 2 atom stereocenters. The van der Waals surface area contributed by atoms with E-state index in [2.05, 4.69) is 25.1 Å². The summed E-state index contributed by atoms with van der Waals surface area (Å²) in [5.41, 5.74) is 9.46. The Morgan fingerprint density at radius 3 is 3.11 bits per heavy atom. The van der Waals surface area contributed by atoms with Crippen LogP contribution in [0.4, 0.5) is 0 Å². The fourth-order valence-electron chi connectivity index (χ4n) is 3.63. The van der Waals surface area contributed by atoms with Crippen LogP contribution in [0.2, 0.25) is 0 Å². The highest BCUT2D eigenvalue weighted by Gasteiger charge is 2.34. The minimum Gasteiger partial charge on any atom is -0.493 e. The van der Waals surface area contributed by atoms with Crippen LogP contribution in [-0.4, -0.2) is 12.1 Å². The van der Waals surface area contributed by atoms with E-state index in [1.54, 1.807) is 0 Å². The van der Waals surface area contributed by atoms with E-state index in [0.717, 1.165) is 37.5 Å². The van der Waals surface area contributed by atoms with Crippen molar-refractivity contribution in [3.8, 4) is 5.75 Å². The zero-order valence-corrected chi connectivity index (χ0v) is 12.0. The Labute approximate surface area is 116 Å². The number of hydrogen-bond acceptors (Lipinski definition) is 2. The minimum atomic E-state index is 0.0934. The van der Waals surface area contributed by atoms with Gasteiger partial charge in [-0.1, -0.05) is 25.5 Å². The first-order valence-corrected chi connectivity index (χ1v) is 7.72. The van der Waals surface area contributed by atoms with Gasteiger partial charge in [-0.25, -0.2) is 0 Å². The van der Waals surface area contributed by atoms with E-state index in [-0.39, 0.29) is 5.54 Å². The van der Waals surface area contributed by atoms with E-state index in [4.69, 9.17) is 10.5 Å². The van der Waals surface area contributed by atoms with Crippen LogP contribution >= 0.6 is 0 Å². The van der Waals surface area contributed by atoms with Crippen LogP contribution in [0.3, 0.4) is 0 Å². The van der Waals surface area contributed by atoms with E-state index >= 15 is 0 Å². The summed E-state index contributed by atoms with van der Waals surface area (Å²) in [6.45, 7) is 3.13. The Balaban J connectivity index is 1.60. The normalized spacial score (nSPS) is 29.3. The largest absolute Gasteiger partial charge is 0.493 e. The molecule has 1 aromatic carbocycles. The highest BCUT2D eigenvalue weighted by Crippen LogP contribution is 2.37. The molecule has 2 N–H and O–H groups in total. The smallest absolute Gasteiger partial charge is 0.122 e. The molecule has 1 heterocycles. The van der Waals surface area contributed by atoms with Crippen molar-refractivity contribution in [1.29, 1.82) is 0 Å². The minimum absolute atomic E-state index is 0.0934. The summed E-state index contributed by atoms with van der Waals surface area (Å²) in [6.07, 6.45) is 8.34. The maximum absolute atomic E-state index is 6.56. The van der Waals surface area contributed by atoms with Crippen molar-refractivity contribution >= 4 is 0 Å². The quantitative estimate of drug-likeness (QED) is 0.898. The molecule has 2 nitrogen and oxygen atoms in total. The third-order valence-corrected chi connectivity index (χ3v) is 4.99. The lowest BCUT2D eigenvalue weighted by Gasteiger charge is -2.24. The fraction of sp³-hybridized carbons (Fsp3) is 0.647. The molecular weight excluding hydrogens is 234 g/mol. The van der Waals surface area contributed by atoms with E-state index in [1.807, 2.05) is 0 Å². The lowest BCUT2D eigenvalue weighted by Crippen LogP contribution is -2.37. The molecule has 1 saturated carbocycles. The molecule has 0 radical (unpaired) electrons. The summed E-state index contributed by atoms with van der Waals surface area (Å²) < 4.78 is 5.56. The molecule has 1 aromatic rings. The number of fused-ring (bicyclic) bond motifs is 1. The van der Waals surface area contributed by atoms with Crippen molar-refractivity contribution in [2.45, 2.75) is 57.4 Å². The van der Waals surface area contributed by atoms with E-state index in [9.17, 15) is 0 Å². The van der Waals surface area contributed by atoms with Gasteiger partial charge in [0.2, 0.25) is 0 Å². The van der Waals surface area contributed by atoms with E-state index < -0.39 is 0 Å². The summed E-state index contributed by atoms with van der Waals surface area (Å²) in [6, 6.07) is 6.65. The Kier molecular flexibility index (Phi) is 3.53. The molecule has 1 aliphatic carbocycles. The lowest BCUT2D eigenvalue weighted by molar-refractivity contribution is 0.356. The second-order valence-corrected chi connectivity index (χ2v) is 6.42. The first kappa shape index (κ1) is 13.0. The standard InChI is InChI=1S/C17H25NO/c1-2-13-5-8-17(18,12-13)9-6-14-3-4-16-15(11-14)7-10-19-16/h3-4,11,13H,2,5-10,12,18H2,1H3. The van der Waals surface area contributed by atoms with Gasteiger partial charge < -0.3 is 10.5 Å². The van der Waals surface area contributed by atoms with Crippen LogP contribution in [0.25, 0.3) is 0 Å². The molecule has 19 heavy (non-hydrogen) atoms. The number of nitrogens with two attached hydrogens (primary N) is 1. The first-order valence-electron chi connectivity index (χ1n) is 7.72. The Bertz CT molecular complexity index is 457. The molecule has 0 spiro atoms. The average Bonchev–Trinajstić information content (AvgIpc) is 3.02. The summed E-state index contributed by atoms with van der Waals surface area (Å²) in [7, 11) is 0. The molecule has 104 valence electrons. The number of benzene rings is 1. The van der Waals surface area contributed by atoms with Crippen molar-refractivity contribution < 1.29 is 4.74 Å². The summed E-state index contributed by atoms with van der Waals surface area (Å²) in [5.74, 6) is 1.94. The molecule has 2 unspecified atom stereocenters. The molecule has 2 aliphatic rings. The van der Waals surface area contributed by atoms with Crippen LogP contribution < -0.4 is 10.5 Å². The summed E-state index contributed by atoms with van der Waals surface area (Å²) in [5, 5.41) is 0. The zero-order valence-electron chi connectivity index (χ0n) is 12.0. The molecule has 2 heteroatoms. The molecule has 3 rings (SSSR count). The molecule has 1 fully saturated rings. The Morgan fingerprint density at radius 2 is 2.32 bits per heavy atom. The fourth-order valence-corrected chi connectivity index (χ4v) is 3.63. The van der Waals surface area contributed by atoms with Gasteiger partial charge in [0, 0.05) is 12.0 Å².